The molecule has 0 amide bonds. The second kappa shape index (κ2) is 2.75. The third kappa shape index (κ3) is 1.51. The fourth-order valence-corrected chi connectivity index (χ4v) is 0.650. The van der Waals surface area contributed by atoms with Gasteiger partial charge in [-0.15, -0.1) is 0 Å². The zero-order valence-electron chi connectivity index (χ0n) is 5.58. The topological polar surface area (TPSA) is 33.1 Å². The Kier molecular flexibility index (Phi) is 1.97. The molecule has 0 saturated carbocycles. The van der Waals surface area contributed by atoms with Crippen molar-refractivity contribution in [2.45, 2.75) is 13.0 Å². The summed E-state index contributed by atoms with van der Waals surface area (Å²) >= 11 is 0. The molecule has 0 bridgehead atoms. The number of nitrogens with zero attached hydrogens (tertiary/aromatic N) is 1. The maximum atomic E-state index is 12.4. The fourth-order valence-electron chi connectivity index (χ4n) is 0.650. The second-order valence-electron chi connectivity index (χ2n) is 2.07. The van der Waals surface area contributed by atoms with Gasteiger partial charge in [-0.2, -0.15) is 0 Å². The van der Waals surface area contributed by atoms with E-state index in [2.05, 4.69) is 4.98 Å². The van der Waals surface area contributed by atoms with Gasteiger partial charge >= 0.3 is 0 Å². The first kappa shape index (κ1) is 7.15. The highest BCUT2D eigenvalue weighted by Gasteiger charge is 2.01. The summed E-state index contributed by atoms with van der Waals surface area (Å²) in [5.41, 5.74) is 0.361. The van der Waals surface area contributed by atoms with E-state index in [-0.39, 0.29) is 5.82 Å². The van der Waals surface area contributed by atoms with Crippen molar-refractivity contribution in [2.24, 2.45) is 0 Å². The van der Waals surface area contributed by atoms with E-state index in [1.54, 1.807) is 6.92 Å². The summed E-state index contributed by atoms with van der Waals surface area (Å²) in [4.78, 5) is 3.75. The number of pyridine rings is 1. The number of aliphatic hydroxyl groups is 1. The van der Waals surface area contributed by atoms with E-state index in [1.165, 1.54) is 18.3 Å². The predicted octanol–water partition coefficient (Wildman–Crippen LogP) is 1.27. The fraction of sp³-hybridized carbons (Fsp3) is 0.286. The van der Waals surface area contributed by atoms with Crippen LogP contribution < -0.4 is 0 Å². The van der Waals surface area contributed by atoms with Gasteiger partial charge in [0.05, 0.1) is 11.8 Å². The van der Waals surface area contributed by atoms with Gasteiger partial charge in [0.25, 0.3) is 0 Å². The van der Waals surface area contributed by atoms with Crippen LogP contribution in [0.5, 0.6) is 0 Å². The molecule has 1 aromatic rings. The molecule has 54 valence electrons. The molecule has 0 spiro atoms. The lowest BCUT2D eigenvalue weighted by Gasteiger charge is -2.00. The van der Waals surface area contributed by atoms with Gasteiger partial charge in [0.2, 0.25) is 0 Å². The molecule has 1 N–H and O–H groups in total. The minimum absolute atomic E-state index is 0.361. The number of hydrogen-bond acceptors (Lipinski definition) is 2. The van der Waals surface area contributed by atoms with Gasteiger partial charge in [0.15, 0.2) is 0 Å². The van der Waals surface area contributed by atoms with Crippen LogP contribution in [0.4, 0.5) is 4.39 Å². The minimum Gasteiger partial charge on any atom is -0.387 e. The zero-order valence-corrected chi connectivity index (χ0v) is 5.58. The first-order valence-corrected chi connectivity index (χ1v) is 2.99. The second-order valence-corrected chi connectivity index (χ2v) is 2.07. The van der Waals surface area contributed by atoms with E-state index in [4.69, 9.17) is 5.11 Å². The lowest BCUT2D eigenvalue weighted by Crippen LogP contribution is -1.94. The van der Waals surface area contributed by atoms with Gasteiger partial charge in [-0.1, -0.05) is 0 Å². The Balaban J connectivity index is 2.96. The van der Waals surface area contributed by atoms with Crippen molar-refractivity contribution in [1.82, 2.24) is 4.98 Å². The molecule has 3 heteroatoms. The monoisotopic (exact) mass is 141 g/mol. The van der Waals surface area contributed by atoms with Gasteiger partial charge in [-0.05, 0) is 19.1 Å². The Morgan fingerprint density at radius 3 is 2.80 bits per heavy atom. The van der Waals surface area contributed by atoms with Crippen molar-refractivity contribution in [2.75, 3.05) is 0 Å². The number of aliphatic hydroxyl groups excluding tert-OH is 1. The maximum absolute atomic E-state index is 12.4. The van der Waals surface area contributed by atoms with Crippen LogP contribution in [0, 0.1) is 5.82 Å². The van der Waals surface area contributed by atoms with E-state index in [9.17, 15) is 4.39 Å². The quantitative estimate of drug-likeness (QED) is 0.639. The minimum atomic E-state index is -0.698. The SMILES string of the molecule is CC(O)c1cc(F)ccn1. The van der Waals surface area contributed by atoms with Gasteiger partial charge in [-0.25, -0.2) is 4.39 Å². The van der Waals surface area contributed by atoms with Crippen LogP contribution in [0.1, 0.15) is 18.7 Å². The molecule has 2 nitrogen and oxygen atoms in total. The largest absolute Gasteiger partial charge is 0.387 e. The van der Waals surface area contributed by atoms with E-state index in [0.29, 0.717) is 5.69 Å². The summed E-state index contributed by atoms with van der Waals surface area (Å²) in [6.07, 6.45) is 0.632. The van der Waals surface area contributed by atoms with Crippen LogP contribution in [0.25, 0.3) is 0 Å². The molecule has 1 aromatic heterocycles. The average Bonchev–Trinajstić information content (AvgIpc) is 1.88. The van der Waals surface area contributed by atoms with Gasteiger partial charge in [0, 0.05) is 6.20 Å². The molecule has 0 aliphatic heterocycles. The third-order valence-corrected chi connectivity index (χ3v) is 1.17. The van der Waals surface area contributed by atoms with Crippen LogP contribution in [-0.4, -0.2) is 10.1 Å². The number of rotatable bonds is 1. The zero-order chi connectivity index (χ0) is 7.56. The standard InChI is InChI=1S/C7H8FNO/c1-5(10)7-4-6(8)2-3-9-7/h2-5,10H,1H3. The molecular weight excluding hydrogens is 133 g/mol. The summed E-state index contributed by atoms with van der Waals surface area (Å²) in [6, 6.07) is 2.45. The number of aromatic nitrogens is 1. The van der Waals surface area contributed by atoms with Crippen LogP contribution >= 0.6 is 0 Å². The van der Waals surface area contributed by atoms with Crippen LogP contribution in [0.3, 0.4) is 0 Å². The van der Waals surface area contributed by atoms with E-state index in [0.717, 1.165) is 0 Å². The lowest BCUT2D eigenvalue weighted by atomic mass is 10.2. The highest BCUT2D eigenvalue weighted by molar-refractivity contribution is 5.07. The molecule has 10 heavy (non-hydrogen) atoms. The average molecular weight is 141 g/mol. The highest BCUT2D eigenvalue weighted by Crippen LogP contribution is 2.08. The Bertz CT molecular complexity index is 225. The molecule has 1 unspecified atom stereocenters. The Morgan fingerprint density at radius 1 is 1.70 bits per heavy atom. The molecule has 1 atom stereocenters. The summed E-state index contributed by atoms with van der Waals surface area (Å²) < 4.78 is 12.4. The predicted molar refractivity (Wildman–Crippen MR) is 34.8 cm³/mol. The Labute approximate surface area is 58.3 Å². The normalized spacial score (nSPS) is 13.1. The summed E-state index contributed by atoms with van der Waals surface area (Å²) in [5, 5.41) is 8.92. The van der Waals surface area contributed by atoms with Crippen molar-refractivity contribution < 1.29 is 9.50 Å². The Hall–Kier alpha value is -0.960. The first-order valence-electron chi connectivity index (χ1n) is 2.99. The molecule has 0 aliphatic carbocycles. The number of hydrogen-bond donors (Lipinski definition) is 1. The van der Waals surface area contributed by atoms with Crippen LogP contribution in [0.15, 0.2) is 18.3 Å². The molecule has 0 fully saturated rings. The summed E-state index contributed by atoms with van der Waals surface area (Å²) in [5.74, 6) is -0.370. The van der Waals surface area contributed by atoms with Gasteiger partial charge < -0.3 is 5.11 Å². The van der Waals surface area contributed by atoms with E-state index < -0.39 is 6.10 Å². The molecule has 1 rings (SSSR count). The van der Waals surface area contributed by atoms with Gasteiger partial charge in [-0.3, -0.25) is 4.98 Å². The summed E-state index contributed by atoms with van der Waals surface area (Å²) in [7, 11) is 0. The van der Waals surface area contributed by atoms with Crippen molar-refractivity contribution in [3.05, 3.63) is 29.8 Å². The number of halogens is 1. The molecule has 1 heterocycles. The smallest absolute Gasteiger partial charge is 0.126 e. The van der Waals surface area contributed by atoms with E-state index >= 15 is 0 Å². The van der Waals surface area contributed by atoms with Gasteiger partial charge in [0.1, 0.15) is 5.82 Å². The van der Waals surface area contributed by atoms with Crippen molar-refractivity contribution in [3.8, 4) is 0 Å². The van der Waals surface area contributed by atoms with E-state index in [1.807, 2.05) is 0 Å². The van der Waals surface area contributed by atoms with Crippen LogP contribution in [0.2, 0.25) is 0 Å². The lowest BCUT2D eigenvalue weighted by molar-refractivity contribution is 0.194. The van der Waals surface area contributed by atoms with Crippen LogP contribution in [-0.2, 0) is 0 Å². The summed E-state index contributed by atoms with van der Waals surface area (Å²) in [6.45, 7) is 1.54. The Morgan fingerprint density at radius 2 is 2.40 bits per heavy atom. The molecular formula is C7H8FNO. The molecule has 0 aliphatic rings. The first-order chi connectivity index (χ1) is 4.70. The van der Waals surface area contributed by atoms with Crippen molar-refractivity contribution in [3.63, 3.8) is 0 Å². The van der Waals surface area contributed by atoms with Crippen molar-refractivity contribution >= 4 is 0 Å². The third-order valence-electron chi connectivity index (χ3n) is 1.17. The molecule has 0 aromatic carbocycles. The van der Waals surface area contributed by atoms with Crippen molar-refractivity contribution in [1.29, 1.82) is 0 Å². The molecule has 0 saturated heterocycles. The highest BCUT2D eigenvalue weighted by atomic mass is 19.1. The molecule has 0 radical (unpaired) electrons. The maximum Gasteiger partial charge on any atom is 0.126 e.